The Bertz CT molecular complexity index is 1470. The first-order valence-electron chi connectivity index (χ1n) is 9.86. The Morgan fingerprint density at radius 3 is 2.56 bits per heavy atom. The molecule has 0 amide bonds. The molecule has 0 aliphatic carbocycles. The smallest absolute Gasteiger partial charge is 0.280 e. The highest BCUT2D eigenvalue weighted by Gasteiger charge is 2.24. The van der Waals surface area contributed by atoms with Crippen LogP contribution in [0.25, 0.3) is 27.9 Å². The maximum atomic E-state index is 11.7. The molecule has 0 bridgehead atoms. The second-order valence-corrected chi connectivity index (χ2v) is 7.81. The van der Waals surface area contributed by atoms with Gasteiger partial charge in [0.05, 0.1) is 16.0 Å². The Hall–Kier alpha value is -4.04. The van der Waals surface area contributed by atoms with Gasteiger partial charge in [0.15, 0.2) is 11.5 Å². The molecule has 0 saturated heterocycles. The maximum absolute atomic E-state index is 11.7. The first-order valence-corrected chi connectivity index (χ1v) is 10.2. The van der Waals surface area contributed by atoms with E-state index in [0.717, 1.165) is 10.9 Å². The van der Waals surface area contributed by atoms with E-state index in [1.165, 1.54) is 6.07 Å². The van der Waals surface area contributed by atoms with Gasteiger partial charge in [-0.1, -0.05) is 54.1 Å². The minimum absolute atomic E-state index is 0.0466. The number of nitrogens with zero attached hydrogens (tertiary/aromatic N) is 6. The molecule has 8 nitrogen and oxygen atoms in total. The third-order valence-corrected chi connectivity index (χ3v) is 5.46. The second-order valence-electron chi connectivity index (χ2n) is 7.37. The van der Waals surface area contributed by atoms with Crippen molar-refractivity contribution >= 4 is 39.8 Å². The summed E-state index contributed by atoms with van der Waals surface area (Å²) >= 11 is 6.22. The Balaban J connectivity index is 1.79. The molecule has 0 saturated carbocycles. The zero-order valence-electron chi connectivity index (χ0n) is 17.0. The van der Waals surface area contributed by atoms with E-state index in [4.69, 9.17) is 16.6 Å². The molecule has 0 N–H and O–H groups in total. The van der Waals surface area contributed by atoms with Crippen LogP contribution in [0.1, 0.15) is 5.56 Å². The zero-order valence-corrected chi connectivity index (χ0v) is 17.8. The number of halogens is 1. The van der Waals surface area contributed by atoms with Crippen LogP contribution >= 0.6 is 11.6 Å². The topological polar surface area (TPSA) is 89.5 Å². The third kappa shape index (κ3) is 3.40. The molecule has 3 aromatic carbocycles. The number of rotatable bonds is 5. The molecule has 0 radical (unpaired) electrons. The molecule has 0 fully saturated rings. The number of fused-ring (bicyclic) bond motifs is 3. The van der Waals surface area contributed by atoms with Gasteiger partial charge in [0.1, 0.15) is 0 Å². The fourth-order valence-electron chi connectivity index (χ4n) is 3.77. The van der Waals surface area contributed by atoms with Crippen molar-refractivity contribution < 1.29 is 4.92 Å². The minimum Gasteiger partial charge on any atom is -0.341 e. The van der Waals surface area contributed by atoms with Crippen LogP contribution < -0.4 is 4.90 Å². The third-order valence-electron chi connectivity index (χ3n) is 5.23. The van der Waals surface area contributed by atoms with Crippen molar-refractivity contribution in [2.75, 3.05) is 11.9 Å². The van der Waals surface area contributed by atoms with Gasteiger partial charge in [-0.2, -0.15) is 0 Å². The van der Waals surface area contributed by atoms with Crippen molar-refractivity contribution in [3.63, 3.8) is 0 Å². The fourth-order valence-corrected chi connectivity index (χ4v) is 3.94. The first kappa shape index (κ1) is 19.9. The van der Waals surface area contributed by atoms with E-state index >= 15 is 0 Å². The average molecular weight is 445 g/mol. The maximum Gasteiger partial charge on any atom is 0.280 e. The number of hydrogen-bond acceptors (Lipinski definition) is 6. The summed E-state index contributed by atoms with van der Waals surface area (Å²) in [5.74, 6) is 0.906. The summed E-state index contributed by atoms with van der Waals surface area (Å²) < 4.78 is 1.77. The van der Waals surface area contributed by atoms with Gasteiger partial charge >= 0.3 is 0 Å². The van der Waals surface area contributed by atoms with Gasteiger partial charge in [0, 0.05) is 30.1 Å². The standard InChI is InChI=1S/C23H17ClN6O2/c1-28(14-15-7-3-2-4-8-15)23-25-19-13-16(24)11-12-17(19)21-26-27-22(29(21)23)18-9-5-6-10-20(18)30(31)32/h2-13H,14H2,1H3. The van der Waals surface area contributed by atoms with Crippen LogP contribution in [0.3, 0.4) is 0 Å². The summed E-state index contributed by atoms with van der Waals surface area (Å²) in [5, 5.41) is 21.7. The van der Waals surface area contributed by atoms with Crippen LogP contribution in [-0.4, -0.2) is 31.6 Å². The van der Waals surface area contributed by atoms with Crippen molar-refractivity contribution in [3.8, 4) is 11.4 Å². The van der Waals surface area contributed by atoms with E-state index in [9.17, 15) is 10.1 Å². The van der Waals surface area contributed by atoms with Gasteiger partial charge in [-0.25, -0.2) is 9.38 Å². The number of hydrogen-bond donors (Lipinski definition) is 0. The van der Waals surface area contributed by atoms with Gasteiger partial charge in [-0.05, 0) is 29.8 Å². The largest absolute Gasteiger partial charge is 0.341 e. The summed E-state index contributed by atoms with van der Waals surface area (Å²) in [6.45, 7) is 0.573. The summed E-state index contributed by atoms with van der Waals surface area (Å²) in [5.41, 5.74) is 2.64. The van der Waals surface area contributed by atoms with Crippen molar-refractivity contribution in [2.45, 2.75) is 6.54 Å². The predicted octanol–water partition coefficient (Wildman–Crippen LogP) is 5.14. The molecule has 158 valence electrons. The van der Waals surface area contributed by atoms with Gasteiger partial charge in [-0.3, -0.25) is 10.1 Å². The Morgan fingerprint density at radius 2 is 1.78 bits per heavy atom. The molecule has 9 heteroatoms. The molecule has 5 aromatic rings. The predicted molar refractivity (Wildman–Crippen MR) is 124 cm³/mol. The molecule has 32 heavy (non-hydrogen) atoms. The monoisotopic (exact) mass is 444 g/mol. The van der Waals surface area contributed by atoms with E-state index in [2.05, 4.69) is 10.2 Å². The van der Waals surface area contributed by atoms with Gasteiger partial charge in [0.25, 0.3) is 5.69 Å². The van der Waals surface area contributed by atoms with Crippen LogP contribution in [0.5, 0.6) is 0 Å². The molecular formula is C23H17ClN6O2. The van der Waals surface area contributed by atoms with Crippen LogP contribution in [-0.2, 0) is 6.54 Å². The van der Waals surface area contributed by atoms with Crippen molar-refractivity contribution in [1.29, 1.82) is 0 Å². The summed E-state index contributed by atoms with van der Waals surface area (Å²) in [7, 11) is 1.91. The normalized spacial score (nSPS) is 11.2. The molecule has 0 aliphatic rings. The van der Waals surface area contributed by atoms with Crippen molar-refractivity contribution in [1.82, 2.24) is 19.6 Å². The Morgan fingerprint density at radius 1 is 1.03 bits per heavy atom. The van der Waals surface area contributed by atoms with E-state index in [-0.39, 0.29) is 5.69 Å². The molecule has 2 heterocycles. The van der Waals surface area contributed by atoms with E-state index in [1.54, 1.807) is 34.7 Å². The average Bonchev–Trinajstić information content (AvgIpc) is 3.24. The number of benzene rings is 3. The lowest BCUT2D eigenvalue weighted by molar-refractivity contribution is -0.384. The number of nitro benzene ring substituents is 1. The lowest BCUT2D eigenvalue weighted by Gasteiger charge is -2.21. The van der Waals surface area contributed by atoms with Crippen LogP contribution in [0, 0.1) is 10.1 Å². The number of para-hydroxylation sites is 1. The summed E-state index contributed by atoms with van der Waals surface area (Å²) in [4.78, 5) is 18.1. The lowest BCUT2D eigenvalue weighted by Crippen LogP contribution is -2.21. The first-order chi connectivity index (χ1) is 15.5. The number of anilines is 1. The van der Waals surface area contributed by atoms with E-state index < -0.39 is 4.92 Å². The molecule has 0 aliphatic heterocycles. The Kier molecular flexibility index (Phi) is 4.91. The second kappa shape index (κ2) is 7.90. The highest BCUT2D eigenvalue weighted by atomic mass is 35.5. The summed E-state index contributed by atoms with van der Waals surface area (Å²) in [6, 6.07) is 21.8. The number of nitro groups is 1. The Labute approximate surface area is 187 Å². The van der Waals surface area contributed by atoms with E-state index in [1.807, 2.05) is 48.3 Å². The van der Waals surface area contributed by atoms with Crippen LogP contribution in [0.15, 0.2) is 72.8 Å². The molecule has 2 aromatic heterocycles. The van der Waals surface area contributed by atoms with Gasteiger partial charge in [-0.15, -0.1) is 10.2 Å². The van der Waals surface area contributed by atoms with Crippen molar-refractivity contribution in [2.24, 2.45) is 0 Å². The van der Waals surface area contributed by atoms with Gasteiger partial charge < -0.3 is 4.90 Å². The number of aromatic nitrogens is 4. The van der Waals surface area contributed by atoms with Crippen LogP contribution in [0.2, 0.25) is 5.02 Å². The quantitative estimate of drug-likeness (QED) is 0.275. The highest BCUT2D eigenvalue weighted by molar-refractivity contribution is 6.31. The van der Waals surface area contributed by atoms with Gasteiger partial charge in [0.2, 0.25) is 5.95 Å². The summed E-state index contributed by atoms with van der Waals surface area (Å²) in [6.07, 6.45) is 0. The SMILES string of the molecule is CN(Cc1ccccc1)c1nc2cc(Cl)ccc2c2nnc(-c3ccccc3[N+](=O)[O-])n12. The van der Waals surface area contributed by atoms with E-state index in [0.29, 0.717) is 40.1 Å². The molecule has 5 rings (SSSR count). The molecule has 0 unspecified atom stereocenters. The van der Waals surface area contributed by atoms with Crippen LogP contribution in [0.4, 0.5) is 11.6 Å². The zero-order chi connectivity index (χ0) is 22.2. The molecular weight excluding hydrogens is 428 g/mol. The molecule has 0 spiro atoms. The fraction of sp³-hybridized carbons (Fsp3) is 0.0870. The minimum atomic E-state index is -0.419. The van der Waals surface area contributed by atoms with Crippen molar-refractivity contribution in [3.05, 3.63) is 93.5 Å². The highest BCUT2D eigenvalue weighted by Crippen LogP contribution is 2.33. The molecule has 0 atom stereocenters. The lowest BCUT2D eigenvalue weighted by atomic mass is 10.1.